The van der Waals surface area contributed by atoms with E-state index in [4.69, 9.17) is 16.7 Å². The van der Waals surface area contributed by atoms with Gasteiger partial charge in [-0.25, -0.2) is 9.78 Å². The first kappa shape index (κ1) is 13.3. The van der Waals surface area contributed by atoms with E-state index < -0.39 is 5.97 Å². The summed E-state index contributed by atoms with van der Waals surface area (Å²) in [6, 6.07) is 5.14. The van der Waals surface area contributed by atoms with Gasteiger partial charge in [-0.15, -0.1) is 0 Å². The summed E-state index contributed by atoms with van der Waals surface area (Å²) in [5.41, 5.74) is 1.10. The number of aromatic carboxylic acids is 1. The minimum atomic E-state index is -1.05. The molecule has 0 amide bonds. The Morgan fingerprint density at radius 2 is 2.11 bits per heavy atom. The molecule has 2 heterocycles. The van der Waals surface area contributed by atoms with Gasteiger partial charge in [-0.3, -0.25) is 4.98 Å². The average molecular weight is 278 g/mol. The van der Waals surface area contributed by atoms with Crippen molar-refractivity contribution in [2.75, 3.05) is 5.32 Å². The van der Waals surface area contributed by atoms with Gasteiger partial charge in [-0.1, -0.05) is 11.6 Å². The van der Waals surface area contributed by atoms with Crippen molar-refractivity contribution in [3.63, 3.8) is 0 Å². The highest BCUT2D eigenvalue weighted by atomic mass is 35.5. The Balaban J connectivity index is 2.18. The summed E-state index contributed by atoms with van der Waals surface area (Å²) in [7, 11) is 0. The van der Waals surface area contributed by atoms with Crippen LogP contribution in [0.4, 0.5) is 5.82 Å². The molecule has 2 N–H and O–H groups in total. The number of anilines is 1. The van der Waals surface area contributed by atoms with E-state index in [1.54, 1.807) is 12.4 Å². The Labute approximate surface area is 115 Å². The fraction of sp³-hybridized carbons (Fsp3) is 0.154. The lowest BCUT2D eigenvalue weighted by Crippen LogP contribution is -2.09. The van der Waals surface area contributed by atoms with E-state index >= 15 is 0 Å². The first-order valence-electron chi connectivity index (χ1n) is 5.63. The van der Waals surface area contributed by atoms with E-state index in [0.29, 0.717) is 5.82 Å². The summed E-state index contributed by atoms with van der Waals surface area (Å²) in [5, 5.41) is 12.2. The molecule has 0 aromatic carbocycles. The van der Waals surface area contributed by atoms with Crippen LogP contribution in [-0.2, 0) is 0 Å². The summed E-state index contributed by atoms with van der Waals surface area (Å²) in [5.74, 6) is -0.598. The van der Waals surface area contributed by atoms with E-state index in [1.165, 1.54) is 12.3 Å². The highest BCUT2D eigenvalue weighted by Crippen LogP contribution is 2.24. The number of hydrogen-bond donors (Lipinski definition) is 2. The molecule has 0 aliphatic heterocycles. The molecule has 0 aliphatic carbocycles. The van der Waals surface area contributed by atoms with Crippen LogP contribution in [0.5, 0.6) is 0 Å². The summed E-state index contributed by atoms with van der Waals surface area (Å²) in [6.45, 7) is 1.96. The molecular weight excluding hydrogens is 266 g/mol. The van der Waals surface area contributed by atoms with Crippen LogP contribution in [0.15, 0.2) is 36.8 Å². The second-order valence-corrected chi connectivity index (χ2v) is 4.41. The van der Waals surface area contributed by atoms with Crippen LogP contribution in [-0.4, -0.2) is 21.0 Å². The van der Waals surface area contributed by atoms with Crippen LogP contribution in [0.3, 0.4) is 0 Å². The molecule has 0 fully saturated rings. The summed E-state index contributed by atoms with van der Waals surface area (Å²) < 4.78 is 0. The quantitative estimate of drug-likeness (QED) is 0.898. The number of carboxylic acids is 1. The SMILES string of the molecule is CC(Nc1ncc(C(=O)O)cc1Cl)c1ccncc1. The molecule has 0 spiro atoms. The van der Waals surface area contributed by atoms with Gasteiger partial charge in [0.2, 0.25) is 0 Å². The first-order valence-corrected chi connectivity index (χ1v) is 6.01. The monoisotopic (exact) mass is 277 g/mol. The zero-order valence-corrected chi connectivity index (χ0v) is 10.9. The Bertz CT molecular complexity index is 590. The molecule has 19 heavy (non-hydrogen) atoms. The van der Waals surface area contributed by atoms with Gasteiger partial charge in [-0.05, 0) is 30.7 Å². The van der Waals surface area contributed by atoms with Gasteiger partial charge >= 0.3 is 5.97 Å². The van der Waals surface area contributed by atoms with Crippen molar-refractivity contribution in [1.29, 1.82) is 0 Å². The molecular formula is C13H12ClN3O2. The number of hydrogen-bond acceptors (Lipinski definition) is 4. The van der Waals surface area contributed by atoms with E-state index in [-0.39, 0.29) is 16.6 Å². The largest absolute Gasteiger partial charge is 0.478 e. The molecule has 98 valence electrons. The van der Waals surface area contributed by atoms with Crippen LogP contribution in [0, 0.1) is 0 Å². The van der Waals surface area contributed by atoms with Crippen molar-refractivity contribution in [1.82, 2.24) is 9.97 Å². The van der Waals surface area contributed by atoms with E-state index in [0.717, 1.165) is 5.56 Å². The molecule has 2 rings (SSSR count). The van der Waals surface area contributed by atoms with Gasteiger partial charge in [0.25, 0.3) is 0 Å². The standard InChI is InChI=1S/C13H12ClN3O2/c1-8(9-2-4-15-5-3-9)17-12-11(14)6-10(7-16-12)13(18)19/h2-8H,1H3,(H,16,17)(H,18,19). The number of pyridine rings is 2. The lowest BCUT2D eigenvalue weighted by atomic mass is 10.1. The number of rotatable bonds is 4. The van der Waals surface area contributed by atoms with Crippen molar-refractivity contribution < 1.29 is 9.90 Å². The van der Waals surface area contributed by atoms with Crippen molar-refractivity contribution in [2.45, 2.75) is 13.0 Å². The predicted molar refractivity (Wildman–Crippen MR) is 72.5 cm³/mol. The molecule has 1 unspecified atom stereocenters. The topological polar surface area (TPSA) is 75.1 Å². The first-order chi connectivity index (χ1) is 9.08. The molecule has 0 aliphatic rings. The Hall–Kier alpha value is -2.14. The maximum absolute atomic E-state index is 10.8. The van der Waals surface area contributed by atoms with Gasteiger partial charge in [0.15, 0.2) is 0 Å². The number of aromatic nitrogens is 2. The molecule has 2 aromatic rings. The zero-order chi connectivity index (χ0) is 13.8. The van der Waals surface area contributed by atoms with E-state index in [1.807, 2.05) is 19.1 Å². The predicted octanol–water partition coefficient (Wildman–Crippen LogP) is 3.00. The van der Waals surface area contributed by atoms with Gasteiger partial charge < -0.3 is 10.4 Å². The number of nitrogens with one attached hydrogen (secondary N) is 1. The van der Waals surface area contributed by atoms with Crippen LogP contribution in [0.1, 0.15) is 28.9 Å². The maximum Gasteiger partial charge on any atom is 0.337 e. The molecule has 1 atom stereocenters. The van der Waals surface area contributed by atoms with Crippen molar-refractivity contribution >= 4 is 23.4 Å². The van der Waals surface area contributed by atoms with Crippen LogP contribution in [0.2, 0.25) is 5.02 Å². The highest BCUT2D eigenvalue weighted by molar-refractivity contribution is 6.33. The Morgan fingerprint density at radius 3 is 2.68 bits per heavy atom. The molecule has 0 radical (unpaired) electrons. The van der Waals surface area contributed by atoms with Gasteiger partial charge in [0.1, 0.15) is 5.82 Å². The van der Waals surface area contributed by atoms with Gasteiger partial charge in [0.05, 0.1) is 16.6 Å². The normalized spacial score (nSPS) is 11.9. The summed E-state index contributed by atoms with van der Waals surface area (Å²) in [6.07, 6.45) is 4.68. The van der Waals surface area contributed by atoms with Crippen molar-refractivity contribution in [2.24, 2.45) is 0 Å². The number of halogens is 1. The second-order valence-electron chi connectivity index (χ2n) is 4.01. The fourth-order valence-corrected chi connectivity index (χ4v) is 1.82. The molecule has 5 nitrogen and oxygen atoms in total. The molecule has 6 heteroatoms. The zero-order valence-electron chi connectivity index (χ0n) is 10.2. The highest BCUT2D eigenvalue weighted by Gasteiger charge is 2.11. The maximum atomic E-state index is 10.8. The molecule has 0 bridgehead atoms. The third-order valence-corrected chi connectivity index (χ3v) is 2.94. The summed E-state index contributed by atoms with van der Waals surface area (Å²) in [4.78, 5) is 18.8. The third-order valence-electron chi connectivity index (χ3n) is 2.65. The third kappa shape index (κ3) is 3.20. The van der Waals surface area contributed by atoms with E-state index in [2.05, 4.69) is 15.3 Å². The number of carbonyl (C=O) groups is 1. The van der Waals surface area contributed by atoms with Gasteiger partial charge in [-0.2, -0.15) is 0 Å². The fourth-order valence-electron chi connectivity index (χ4n) is 1.60. The lowest BCUT2D eigenvalue weighted by molar-refractivity contribution is 0.0696. The van der Waals surface area contributed by atoms with Crippen molar-refractivity contribution in [3.8, 4) is 0 Å². The minimum absolute atomic E-state index is 0.0105. The second kappa shape index (κ2) is 5.67. The minimum Gasteiger partial charge on any atom is -0.478 e. The Morgan fingerprint density at radius 1 is 1.42 bits per heavy atom. The lowest BCUT2D eigenvalue weighted by Gasteiger charge is -2.15. The van der Waals surface area contributed by atoms with Gasteiger partial charge in [0, 0.05) is 18.6 Å². The Kier molecular flexibility index (Phi) is 3.97. The number of nitrogens with zero attached hydrogens (tertiary/aromatic N) is 2. The summed E-state index contributed by atoms with van der Waals surface area (Å²) >= 11 is 6.00. The number of carboxylic acid groups (broad SMARTS) is 1. The molecule has 0 saturated carbocycles. The van der Waals surface area contributed by atoms with E-state index in [9.17, 15) is 4.79 Å². The van der Waals surface area contributed by atoms with Crippen molar-refractivity contribution in [3.05, 3.63) is 52.9 Å². The van der Waals surface area contributed by atoms with Crippen LogP contribution in [0.25, 0.3) is 0 Å². The average Bonchev–Trinajstić information content (AvgIpc) is 2.41. The van der Waals surface area contributed by atoms with Crippen LogP contribution < -0.4 is 5.32 Å². The molecule has 0 saturated heterocycles. The van der Waals surface area contributed by atoms with Crippen LogP contribution >= 0.6 is 11.6 Å². The smallest absolute Gasteiger partial charge is 0.337 e. The molecule has 2 aromatic heterocycles.